The van der Waals surface area contributed by atoms with Gasteiger partial charge >= 0.3 is 11.7 Å². The van der Waals surface area contributed by atoms with E-state index in [1.165, 1.54) is 13.2 Å². The number of carbonyl (C=O) groups is 2. The number of benzene rings is 1. The molecule has 10 nitrogen and oxygen atoms in total. The predicted molar refractivity (Wildman–Crippen MR) is 90.6 cm³/mol. The van der Waals surface area contributed by atoms with Gasteiger partial charge in [0.25, 0.3) is 5.91 Å². The van der Waals surface area contributed by atoms with Crippen molar-refractivity contribution in [2.24, 2.45) is 10.2 Å². The molecule has 1 aromatic rings. The molecule has 1 aliphatic rings. The van der Waals surface area contributed by atoms with E-state index in [2.05, 4.69) is 20.3 Å². The molecule has 0 bridgehead atoms. The Labute approximate surface area is 149 Å². The fourth-order valence-corrected chi connectivity index (χ4v) is 2.59. The number of phenols is 1. The summed E-state index contributed by atoms with van der Waals surface area (Å²) in [7, 11) is 1.17. The molecule has 0 atom stereocenters. The van der Waals surface area contributed by atoms with Crippen molar-refractivity contribution in [3.8, 4) is 5.75 Å². The van der Waals surface area contributed by atoms with Gasteiger partial charge < -0.3 is 9.84 Å². The normalized spacial score (nSPS) is 17.3. The summed E-state index contributed by atoms with van der Waals surface area (Å²) in [5.41, 5.74) is -0.600. The highest BCUT2D eigenvalue weighted by Gasteiger charge is 2.25. The first-order valence-electron chi connectivity index (χ1n) is 6.38. The standard InChI is InChI=1S/C13H9ClN4O6S/c1-24-10(19)4-9-12(21)16-13(25-9)17-15-5-6-2-7(14)3-8(11(6)20)18(22)23/h2-5,20H,1H3,(H,16,17,21)/b9-4+,15-5?. The number of hydrogen-bond acceptors (Lipinski definition) is 9. The lowest BCUT2D eigenvalue weighted by Crippen LogP contribution is -2.19. The van der Waals surface area contributed by atoms with Crippen LogP contribution in [0.4, 0.5) is 5.69 Å². The molecule has 1 amide bonds. The van der Waals surface area contributed by atoms with Crippen molar-refractivity contribution in [1.29, 1.82) is 0 Å². The Hall–Kier alpha value is -2.92. The summed E-state index contributed by atoms with van der Waals surface area (Å²) in [6.07, 6.45) is 2.04. The van der Waals surface area contributed by atoms with Crippen LogP contribution in [0.15, 0.2) is 33.3 Å². The molecule has 0 spiro atoms. The van der Waals surface area contributed by atoms with E-state index in [1.807, 2.05) is 0 Å². The first-order chi connectivity index (χ1) is 11.8. The van der Waals surface area contributed by atoms with Crippen LogP contribution in [-0.4, -0.2) is 40.4 Å². The molecular formula is C13H9ClN4O6S. The first kappa shape index (κ1) is 18.4. The highest BCUT2D eigenvalue weighted by molar-refractivity contribution is 8.18. The number of aromatic hydroxyl groups is 1. The number of nitro benzene ring substituents is 1. The van der Waals surface area contributed by atoms with Crippen molar-refractivity contribution in [3.63, 3.8) is 0 Å². The Balaban J connectivity index is 2.20. The van der Waals surface area contributed by atoms with E-state index in [0.29, 0.717) is 0 Å². The lowest BCUT2D eigenvalue weighted by Gasteiger charge is -2.00. The van der Waals surface area contributed by atoms with Crippen LogP contribution >= 0.6 is 23.4 Å². The van der Waals surface area contributed by atoms with E-state index in [1.54, 1.807) is 0 Å². The van der Waals surface area contributed by atoms with Gasteiger partial charge in [0.1, 0.15) is 0 Å². The summed E-state index contributed by atoms with van der Waals surface area (Å²) >= 11 is 6.60. The average molecular weight is 385 g/mol. The van der Waals surface area contributed by atoms with Gasteiger partial charge in [0.15, 0.2) is 5.17 Å². The van der Waals surface area contributed by atoms with E-state index < -0.39 is 28.2 Å². The maximum atomic E-state index is 11.6. The molecule has 1 fully saturated rings. The fourth-order valence-electron chi connectivity index (χ4n) is 1.63. The summed E-state index contributed by atoms with van der Waals surface area (Å²) in [4.78, 5) is 32.8. The number of carbonyl (C=O) groups excluding carboxylic acids is 2. The maximum Gasteiger partial charge on any atom is 0.331 e. The number of nitrogens with zero attached hydrogens (tertiary/aromatic N) is 3. The number of methoxy groups -OCH3 is 1. The highest BCUT2D eigenvalue weighted by atomic mass is 35.5. The molecule has 2 rings (SSSR count). The lowest BCUT2D eigenvalue weighted by molar-refractivity contribution is -0.385. The van der Waals surface area contributed by atoms with Crippen molar-refractivity contribution in [3.05, 3.63) is 43.8 Å². The molecule has 0 unspecified atom stereocenters. The number of thioether (sulfide) groups is 1. The third-order valence-corrected chi connectivity index (χ3v) is 3.85. The Morgan fingerprint density at radius 3 is 2.88 bits per heavy atom. The van der Waals surface area contributed by atoms with Gasteiger partial charge in [-0.25, -0.2) is 4.79 Å². The molecule has 0 saturated carbocycles. The van der Waals surface area contributed by atoms with Crippen LogP contribution < -0.4 is 5.32 Å². The number of rotatable bonds is 4. The zero-order chi connectivity index (χ0) is 18.6. The Morgan fingerprint density at radius 1 is 1.52 bits per heavy atom. The van der Waals surface area contributed by atoms with Gasteiger partial charge in [0, 0.05) is 22.7 Å². The molecule has 1 saturated heterocycles. The van der Waals surface area contributed by atoms with E-state index >= 15 is 0 Å². The number of nitrogens with one attached hydrogen (secondary N) is 1. The van der Waals surface area contributed by atoms with Crippen LogP contribution in [0.5, 0.6) is 5.75 Å². The number of esters is 1. The van der Waals surface area contributed by atoms with E-state index in [0.717, 1.165) is 30.1 Å². The minimum Gasteiger partial charge on any atom is -0.502 e. The van der Waals surface area contributed by atoms with Gasteiger partial charge in [-0.15, -0.1) is 5.10 Å². The van der Waals surface area contributed by atoms with Crippen LogP contribution in [0.25, 0.3) is 0 Å². The molecule has 25 heavy (non-hydrogen) atoms. The molecule has 1 heterocycles. The minimum atomic E-state index is -0.790. The second kappa shape index (κ2) is 7.77. The smallest absolute Gasteiger partial charge is 0.331 e. The highest BCUT2D eigenvalue weighted by Crippen LogP contribution is 2.32. The number of amides is 1. The van der Waals surface area contributed by atoms with E-state index in [-0.39, 0.29) is 20.7 Å². The Kier molecular flexibility index (Phi) is 5.72. The monoisotopic (exact) mass is 384 g/mol. The SMILES string of the molecule is COC(=O)/C=C1/S/C(=N\N=Cc2cc(Cl)cc([N+](=O)[O-])c2O)NC1=O. The van der Waals surface area contributed by atoms with Gasteiger partial charge in [-0.2, -0.15) is 5.10 Å². The molecule has 0 radical (unpaired) electrons. The molecular weight excluding hydrogens is 376 g/mol. The summed E-state index contributed by atoms with van der Waals surface area (Å²) in [5, 5.41) is 30.4. The van der Waals surface area contributed by atoms with Crippen LogP contribution in [0, 0.1) is 10.1 Å². The first-order valence-corrected chi connectivity index (χ1v) is 7.58. The van der Waals surface area contributed by atoms with Gasteiger partial charge in [0.2, 0.25) is 5.75 Å². The maximum absolute atomic E-state index is 11.6. The van der Waals surface area contributed by atoms with Crippen LogP contribution in [0.2, 0.25) is 5.02 Å². The van der Waals surface area contributed by atoms with E-state index in [4.69, 9.17) is 11.6 Å². The number of halogens is 1. The third kappa shape index (κ3) is 4.55. The third-order valence-electron chi connectivity index (χ3n) is 2.73. The molecule has 1 aromatic carbocycles. The van der Waals surface area contributed by atoms with Crippen molar-refractivity contribution < 1.29 is 24.4 Å². The molecule has 0 aromatic heterocycles. The van der Waals surface area contributed by atoms with Crippen molar-refractivity contribution in [2.75, 3.05) is 7.11 Å². The van der Waals surface area contributed by atoms with Gasteiger partial charge in [-0.1, -0.05) is 11.6 Å². The topological polar surface area (TPSA) is 143 Å². The lowest BCUT2D eigenvalue weighted by atomic mass is 10.2. The minimum absolute atomic E-state index is 0.0248. The second-order valence-corrected chi connectivity index (χ2v) is 5.82. The molecule has 2 N–H and O–H groups in total. The molecule has 130 valence electrons. The van der Waals surface area contributed by atoms with Crippen molar-refractivity contribution in [2.45, 2.75) is 0 Å². The number of ether oxygens (including phenoxy) is 1. The zero-order valence-corrected chi connectivity index (χ0v) is 14.0. The summed E-state index contributed by atoms with van der Waals surface area (Å²) in [6, 6.07) is 2.26. The zero-order valence-electron chi connectivity index (χ0n) is 12.4. The van der Waals surface area contributed by atoms with Gasteiger partial charge in [-0.3, -0.25) is 20.2 Å². The Morgan fingerprint density at radius 2 is 2.24 bits per heavy atom. The van der Waals surface area contributed by atoms with Gasteiger partial charge in [0.05, 0.1) is 23.2 Å². The van der Waals surface area contributed by atoms with Crippen molar-refractivity contribution in [1.82, 2.24) is 5.32 Å². The Bertz CT molecular complexity index is 851. The summed E-state index contributed by atoms with van der Waals surface area (Å²) in [5.74, 6) is -1.86. The van der Waals surface area contributed by atoms with Gasteiger partial charge in [-0.05, 0) is 17.8 Å². The summed E-state index contributed by atoms with van der Waals surface area (Å²) in [6.45, 7) is 0. The number of amidine groups is 1. The largest absolute Gasteiger partial charge is 0.502 e. The van der Waals surface area contributed by atoms with Crippen LogP contribution in [0.3, 0.4) is 0 Å². The number of hydrogen-bond donors (Lipinski definition) is 2. The number of phenolic OH excluding ortho intramolecular Hbond substituents is 1. The molecule has 1 aliphatic heterocycles. The van der Waals surface area contributed by atoms with E-state index in [9.17, 15) is 24.8 Å². The molecule has 12 heteroatoms. The fraction of sp³-hybridized carbons (Fsp3) is 0.0769. The molecule has 0 aliphatic carbocycles. The number of nitro groups is 1. The van der Waals surface area contributed by atoms with Crippen LogP contribution in [0.1, 0.15) is 5.56 Å². The quantitative estimate of drug-likeness (QED) is 0.263. The average Bonchev–Trinajstić information content (AvgIpc) is 2.89. The second-order valence-electron chi connectivity index (χ2n) is 4.36. The predicted octanol–water partition coefficient (Wildman–Crippen LogP) is 1.56. The van der Waals surface area contributed by atoms with Crippen LogP contribution in [-0.2, 0) is 14.3 Å². The summed E-state index contributed by atoms with van der Waals surface area (Å²) < 4.78 is 4.42. The van der Waals surface area contributed by atoms with Crippen molar-refractivity contribution >= 4 is 52.3 Å².